The zero-order valence-corrected chi connectivity index (χ0v) is 28.9. The van der Waals surface area contributed by atoms with Crippen molar-refractivity contribution >= 4 is 34.8 Å². The third kappa shape index (κ3) is 6.85. The number of rotatable bonds is 7. The van der Waals surface area contributed by atoms with E-state index in [1.807, 2.05) is 22.5 Å². The van der Waals surface area contributed by atoms with Crippen LogP contribution in [0.5, 0.6) is 11.5 Å². The third-order valence-corrected chi connectivity index (χ3v) is 10.0. The van der Waals surface area contributed by atoms with Gasteiger partial charge in [0, 0.05) is 73.6 Å². The van der Waals surface area contributed by atoms with E-state index in [0.717, 1.165) is 50.4 Å². The minimum atomic E-state index is -0.321. The third-order valence-electron chi connectivity index (χ3n) is 9.81. The van der Waals surface area contributed by atoms with Crippen molar-refractivity contribution in [3.8, 4) is 17.2 Å². The molecule has 10 heteroatoms. The van der Waals surface area contributed by atoms with Crippen LogP contribution in [0.3, 0.4) is 0 Å². The molecule has 0 spiro atoms. The van der Waals surface area contributed by atoms with Crippen LogP contribution in [0.25, 0.3) is 5.69 Å². The van der Waals surface area contributed by atoms with Gasteiger partial charge in [0.25, 0.3) is 11.8 Å². The van der Waals surface area contributed by atoms with Gasteiger partial charge in [-0.15, -0.1) is 0 Å². The van der Waals surface area contributed by atoms with Crippen LogP contribution in [0.1, 0.15) is 37.5 Å². The molecule has 0 unspecified atom stereocenters. The number of nitrogens with zero attached hydrogens (tertiary/aromatic N) is 5. The van der Waals surface area contributed by atoms with Gasteiger partial charge in [-0.25, -0.2) is 0 Å². The molecular formula is C40H40ClN5O4. The minimum absolute atomic E-state index is 0.00333. The van der Waals surface area contributed by atoms with Crippen molar-refractivity contribution in [2.45, 2.75) is 25.9 Å². The first-order valence-electron chi connectivity index (χ1n) is 16.8. The van der Waals surface area contributed by atoms with Gasteiger partial charge in [-0.2, -0.15) is 0 Å². The molecule has 50 heavy (non-hydrogen) atoms. The Morgan fingerprint density at radius 3 is 2.08 bits per heavy atom. The highest BCUT2D eigenvalue weighted by Crippen LogP contribution is 2.33. The molecule has 0 aliphatic carbocycles. The predicted molar refractivity (Wildman–Crippen MR) is 196 cm³/mol. The highest BCUT2D eigenvalue weighted by molar-refractivity contribution is 6.31. The molecule has 1 atom stereocenters. The number of phenols is 2. The van der Waals surface area contributed by atoms with Gasteiger partial charge in [0.05, 0.1) is 16.8 Å². The van der Waals surface area contributed by atoms with Gasteiger partial charge in [0.15, 0.2) is 0 Å². The van der Waals surface area contributed by atoms with Crippen LogP contribution < -0.4 is 4.90 Å². The monoisotopic (exact) mass is 689 g/mol. The molecule has 1 fully saturated rings. The van der Waals surface area contributed by atoms with E-state index in [2.05, 4.69) is 35.0 Å². The molecule has 4 aromatic carbocycles. The fourth-order valence-electron chi connectivity index (χ4n) is 7.02. The molecule has 1 aromatic heterocycles. The molecule has 7 rings (SSSR count). The average molecular weight is 690 g/mol. The number of likely N-dealkylation sites (N-methyl/N-ethyl adjacent to an activating group) is 1. The summed E-state index contributed by atoms with van der Waals surface area (Å²) >= 11 is 6.59. The Balaban J connectivity index is 1.24. The van der Waals surface area contributed by atoms with Crippen LogP contribution in [0.4, 0.5) is 11.4 Å². The summed E-state index contributed by atoms with van der Waals surface area (Å²) in [5.74, 6) is -0.246. The summed E-state index contributed by atoms with van der Waals surface area (Å²) in [5.41, 5.74) is 5.75. The lowest BCUT2D eigenvalue weighted by Crippen LogP contribution is -2.53. The van der Waals surface area contributed by atoms with E-state index in [1.165, 1.54) is 34.7 Å². The van der Waals surface area contributed by atoms with Gasteiger partial charge in [-0.05, 0) is 104 Å². The number of aryl methyl sites for hydroxylation is 1. The zero-order chi connectivity index (χ0) is 34.9. The molecule has 2 aliphatic heterocycles. The molecular weight excluding hydrogens is 650 g/mol. The smallest absolute Gasteiger partial charge is 0.264 e. The van der Waals surface area contributed by atoms with Crippen molar-refractivity contribution in [1.82, 2.24) is 19.3 Å². The number of fused-ring (bicyclic) bond motifs is 1. The van der Waals surface area contributed by atoms with E-state index in [4.69, 9.17) is 11.6 Å². The second-order valence-corrected chi connectivity index (χ2v) is 13.7. The number of carbonyl (C=O) groups is 2. The number of hydrogen-bond donors (Lipinski definition) is 2. The Kier molecular flexibility index (Phi) is 9.38. The maximum Gasteiger partial charge on any atom is 0.264 e. The predicted octanol–water partition coefficient (Wildman–Crippen LogP) is 6.64. The molecule has 2 amide bonds. The van der Waals surface area contributed by atoms with Crippen LogP contribution in [-0.2, 0) is 13.0 Å². The van der Waals surface area contributed by atoms with Gasteiger partial charge in [-0.3, -0.25) is 19.4 Å². The van der Waals surface area contributed by atoms with Gasteiger partial charge < -0.3 is 24.6 Å². The van der Waals surface area contributed by atoms with Crippen molar-refractivity contribution in [1.29, 1.82) is 0 Å². The summed E-state index contributed by atoms with van der Waals surface area (Å²) in [6.07, 6.45) is 2.52. The average Bonchev–Trinajstić information content (AvgIpc) is 3.51. The molecule has 3 heterocycles. The summed E-state index contributed by atoms with van der Waals surface area (Å²) in [4.78, 5) is 37.4. The zero-order valence-electron chi connectivity index (χ0n) is 28.2. The lowest BCUT2D eigenvalue weighted by atomic mass is 9.92. The Morgan fingerprint density at radius 1 is 0.820 bits per heavy atom. The van der Waals surface area contributed by atoms with Crippen molar-refractivity contribution in [2.75, 3.05) is 44.7 Å². The number of piperazine rings is 1. The van der Waals surface area contributed by atoms with Gasteiger partial charge in [0.1, 0.15) is 11.5 Å². The van der Waals surface area contributed by atoms with Crippen LogP contribution in [-0.4, -0.2) is 87.1 Å². The highest BCUT2D eigenvalue weighted by Gasteiger charge is 2.34. The minimum Gasteiger partial charge on any atom is -0.508 e. The van der Waals surface area contributed by atoms with Gasteiger partial charge in [0.2, 0.25) is 0 Å². The summed E-state index contributed by atoms with van der Waals surface area (Å²) in [7, 11) is 2.15. The molecule has 2 N–H and O–H groups in total. The Labute approximate surface area is 297 Å². The summed E-state index contributed by atoms with van der Waals surface area (Å²) in [6.45, 7) is 7.14. The number of benzene rings is 4. The number of hydrogen-bond acceptors (Lipinski definition) is 6. The molecule has 2 aliphatic rings. The van der Waals surface area contributed by atoms with Crippen molar-refractivity contribution in [3.63, 3.8) is 0 Å². The van der Waals surface area contributed by atoms with E-state index in [1.54, 1.807) is 54.7 Å². The maximum atomic E-state index is 14.7. The van der Waals surface area contributed by atoms with Crippen molar-refractivity contribution in [3.05, 3.63) is 136 Å². The van der Waals surface area contributed by atoms with Crippen LogP contribution in [0.2, 0.25) is 5.02 Å². The normalized spacial score (nSPS) is 16.6. The Morgan fingerprint density at radius 2 is 1.44 bits per heavy atom. The second kappa shape index (κ2) is 14.0. The molecule has 9 nitrogen and oxygen atoms in total. The summed E-state index contributed by atoms with van der Waals surface area (Å²) in [6, 6.07) is 28.2. The van der Waals surface area contributed by atoms with Crippen molar-refractivity contribution in [2.24, 2.45) is 0 Å². The molecule has 256 valence electrons. The number of halogens is 1. The Hall–Kier alpha value is -5.09. The summed E-state index contributed by atoms with van der Waals surface area (Å²) in [5, 5.41) is 20.3. The number of phenolic OH excluding ortho intramolecular Hbond substituents is 2. The van der Waals surface area contributed by atoms with Gasteiger partial charge in [-0.1, -0.05) is 35.9 Å². The number of carbonyl (C=O) groups excluding carboxylic acids is 2. The molecule has 0 saturated carbocycles. The number of aromatic nitrogens is 1. The van der Waals surface area contributed by atoms with Crippen molar-refractivity contribution < 1.29 is 19.8 Å². The standard InChI is InChI=1S/C40H40ClN5O4/c1-27-21-30(39(49)46(32-8-12-35(47)13-9-32)33-10-14-36(48)15-11-33)25-44(27)38-23-31(41)7-16-37(38)40(50)45-24-29-6-4-3-5-28(29)22-34(45)26-43-19-17-42(2)18-20-43/h3-16,21,23,25,34,47-48H,17-20,22,24,26H2,1-2H3/t34-/m0/s1. The first-order valence-corrected chi connectivity index (χ1v) is 17.2. The van der Waals surface area contributed by atoms with E-state index < -0.39 is 0 Å². The number of aromatic hydroxyl groups is 2. The summed E-state index contributed by atoms with van der Waals surface area (Å²) < 4.78 is 1.85. The second-order valence-electron chi connectivity index (χ2n) is 13.2. The fraction of sp³-hybridized carbons (Fsp3) is 0.250. The van der Waals surface area contributed by atoms with E-state index in [0.29, 0.717) is 39.8 Å². The largest absolute Gasteiger partial charge is 0.508 e. The molecule has 0 bridgehead atoms. The lowest BCUT2D eigenvalue weighted by molar-refractivity contribution is 0.0535. The number of amides is 2. The lowest BCUT2D eigenvalue weighted by Gasteiger charge is -2.41. The highest BCUT2D eigenvalue weighted by atomic mass is 35.5. The van der Waals surface area contributed by atoms with E-state index in [9.17, 15) is 19.8 Å². The topological polar surface area (TPSA) is 92.5 Å². The maximum absolute atomic E-state index is 14.7. The SMILES string of the molecule is Cc1cc(C(=O)N(c2ccc(O)cc2)c2ccc(O)cc2)cn1-c1cc(Cl)ccc1C(=O)N1Cc2ccccc2C[C@H]1CN1CCN(C)CC1. The van der Waals surface area contributed by atoms with E-state index >= 15 is 0 Å². The quantitative estimate of drug-likeness (QED) is 0.199. The molecule has 1 saturated heterocycles. The number of anilines is 2. The first kappa shape index (κ1) is 33.4. The Bertz CT molecular complexity index is 1970. The van der Waals surface area contributed by atoms with Gasteiger partial charge >= 0.3 is 0 Å². The van der Waals surface area contributed by atoms with Crippen LogP contribution >= 0.6 is 11.6 Å². The van der Waals surface area contributed by atoms with Crippen LogP contribution in [0.15, 0.2) is 103 Å². The fourth-order valence-corrected chi connectivity index (χ4v) is 7.19. The van der Waals surface area contributed by atoms with E-state index in [-0.39, 0.29) is 29.4 Å². The molecule has 0 radical (unpaired) electrons. The first-order chi connectivity index (χ1) is 24.1. The molecule has 5 aromatic rings. The van der Waals surface area contributed by atoms with Crippen LogP contribution in [0, 0.1) is 6.92 Å².